The Hall–Kier alpha value is -2.65. The number of nitrogens with one attached hydrogen (secondary N) is 1. The minimum Gasteiger partial charge on any atom is -0.384 e. The largest absolute Gasteiger partial charge is 0.384 e. The number of amides is 1. The van der Waals surface area contributed by atoms with Gasteiger partial charge in [0.1, 0.15) is 12.3 Å². The van der Waals surface area contributed by atoms with Gasteiger partial charge in [0, 0.05) is 25.0 Å². The Morgan fingerprint density at radius 3 is 2.89 bits per heavy atom. The first kappa shape index (κ1) is 12.8. The average Bonchev–Trinajstić information content (AvgIpc) is 2.82. The Morgan fingerprint density at radius 1 is 1.47 bits per heavy atom. The molecule has 0 spiro atoms. The summed E-state index contributed by atoms with van der Waals surface area (Å²) in [4.78, 5) is 15.9. The number of aromatic nitrogens is 3. The van der Waals surface area contributed by atoms with Crippen molar-refractivity contribution in [1.29, 1.82) is 0 Å². The maximum Gasteiger partial charge on any atom is 0.274 e. The quantitative estimate of drug-likeness (QED) is 0.763. The molecule has 0 aliphatic heterocycles. The highest BCUT2D eigenvalue weighted by Crippen LogP contribution is 2.06. The van der Waals surface area contributed by atoms with Crippen molar-refractivity contribution in [3.63, 3.8) is 0 Å². The zero-order chi connectivity index (χ0) is 13.7. The molecular formula is C13H12N4O2. The number of aliphatic hydroxyl groups is 1. The zero-order valence-corrected chi connectivity index (χ0v) is 10.3. The highest BCUT2D eigenvalue weighted by Gasteiger charge is 2.08. The summed E-state index contributed by atoms with van der Waals surface area (Å²) in [7, 11) is 1.77. The molecule has 2 N–H and O–H groups in total. The third kappa shape index (κ3) is 3.40. The minimum absolute atomic E-state index is 0.205. The van der Waals surface area contributed by atoms with Crippen LogP contribution in [-0.4, -0.2) is 32.4 Å². The number of carbonyl (C=O) groups excluding carboxylic acids is 1. The third-order valence-corrected chi connectivity index (χ3v) is 2.27. The van der Waals surface area contributed by atoms with E-state index in [9.17, 15) is 4.79 Å². The van der Waals surface area contributed by atoms with Gasteiger partial charge in [-0.25, -0.2) is 4.98 Å². The second-order valence-corrected chi connectivity index (χ2v) is 3.75. The molecular weight excluding hydrogens is 244 g/mol. The molecule has 0 fully saturated rings. The molecule has 0 aliphatic rings. The van der Waals surface area contributed by atoms with Gasteiger partial charge in [-0.3, -0.25) is 9.48 Å². The number of aliphatic hydroxyl groups excluding tert-OH is 1. The molecule has 2 aromatic rings. The highest BCUT2D eigenvalue weighted by atomic mass is 16.2. The third-order valence-electron chi connectivity index (χ3n) is 2.27. The molecule has 0 radical (unpaired) electrons. The minimum atomic E-state index is -0.310. The van der Waals surface area contributed by atoms with Gasteiger partial charge >= 0.3 is 0 Å². The van der Waals surface area contributed by atoms with Crippen LogP contribution in [0.5, 0.6) is 0 Å². The van der Waals surface area contributed by atoms with Crippen LogP contribution in [0.25, 0.3) is 0 Å². The molecule has 0 saturated heterocycles. The van der Waals surface area contributed by atoms with Crippen LogP contribution in [0, 0.1) is 11.8 Å². The van der Waals surface area contributed by atoms with E-state index in [0.29, 0.717) is 16.9 Å². The van der Waals surface area contributed by atoms with Crippen molar-refractivity contribution in [2.75, 3.05) is 11.9 Å². The first-order chi connectivity index (χ1) is 9.19. The van der Waals surface area contributed by atoms with Gasteiger partial charge in [0.05, 0.1) is 11.9 Å². The molecule has 19 heavy (non-hydrogen) atoms. The number of aryl methyl sites for hydroxylation is 1. The van der Waals surface area contributed by atoms with E-state index in [1.807, 2.05) is 0 Å². The molecule has 6 nitrogen and oxygen atoms in total. The summed E-state index contributed by atoms with van der Waals surface area (Å²) in [5.74, 6) is 4.91. The Kier molecular flexibility index (Phi) is 3.90. The molecule has 0 aromatic carbocycles. The number of nitrogens with zero attached hydrogens (tertiary/aromatic N) is 3. The van der Waals surface area contributed by atoms with E-state index in [1.165, 1.54) is 6.20 Å². The molecule has 2 rings (SSSR count). The normalized spacial score (nSPS) is 9.58. The Labute approximate surface area is 110 Å². The van der Waals surface area contributed by atoms with Crippen LogP contribution in [0.15, 0.2) is 30.7 Å². The lowest BCUT2D eigenvalue weighted by Gasteiger charge is -2.01. The van der Waals surface area contributed by atoms with Crippen LogP contribution in [-0.2, 0) is 7.05 Å². The fourth-order valence-corrected chi connectivity index (χ4v) is 1.42. The molecule has 2 heterocycles. The van der Waals surface area contributed by atoms with E-state index in [0.717, 1.165) is 0 Å². The fraction of sp³-hybridized carbons (Fsp3) is 0.154. The maximum absolute atomic E-state index is 11.9. The average molecular weight is 256 g/mol. The first-order valence-electron chi connectivity index (χ1n) is 5.55. The van der Waals surface area contributed by atoms with Gasteiger partial charge < -0.3 is 10.4 Å². The molecule has 0 aliphatic carbocycles. The van der Waals surface area contributed by atoms with Gasteiger partial charge in [0.25, 0.3) is 5.91 Å². The monoisotopic (exact) mass is 256 g/mol. The van der Waals surface area contributed by atoms with Crippen molar-refractivity contribution < 1.29 is 9.90 Å². The molecule has 96 valence electrons. The first-order valence-corrected chi connectivity index (χ1v) is 5.55. The molecule has 6 heteroatoms. The number of carbonyl (C=O) groups is 1. The standard InChI is InChI=1S/C13H12N4O2/c1-17-9-11(8-15-17)16-13(19)12-5-4-10(7-14-12)3-2-6-18/h4-5,7-9,18H,6H2,1H3,(H,16,19). The summed E-state index contributed by atoms with van der Waals surface area (Å²) in [6.07, 6.45) is 4.73. The van der Waals surface area contributed by atoms with E-state index in [2.05, 4.69) is 27.2 Å². The van der Waals surface area contributed by atoms with Gasteiger partial charge in [0.2, 0.25) is 0 Å². The molecule has 0 unspecified atom stereocenters. The summed E-state index contributed by atoms with van der Waals surface area (Å²) >= 11 is 0. The molecule has 2 aromatic heterocycles. The van der Waals surface area contributed by atoms with Gasteiger partial charge in [-0.1, -0.05) is 11.8 Å². The maximum atomic E-state index is 11.9. The zero-order valence-electron chi connectivity index (χ0n) is 10.3. The summed E-state index contributed by atoms with van der Waals surface area (Å²) in [6, 6.07) is 3.25. The lowest BCUT2D eigenvalue weighted by molar-refractivity contribution is 0.102. The second-order valence-electron chi connectivity index (χ2n) is 3.75. The van der Waals surface area contributed by atoms with E-state index in [1.54, 1.807) is 36.3 Å². The SMILES string of the molecule is Cn1cc(NC(=O)c2ccc(C#CCO)cn2)cn1. The van der Waals surface area contributed by atoms with Crippen LogP contribution in [0.4, 0.5) is 5.69 Å². The summed E-state index contributed by atoms with van der Waals surface area (Å²) in [6.45, 7) is -0.205. The lowest BCUT2D eigenvalue weighted by atomic mass is 10.2. The molecule has 0 atom stereocenters. The van der Waals surface area contributed by atoms with Crippen molar-refractivity contribution in [2.24, 2.45) is 7.05 Å². The molecule has 1 amide bonds. The van der Waals surface area contributed by atoms with Crippen LogP contribution in [0.2, 0.25) is 0 Å². The van der Waals surface area contributed by atoms with E-state index in [4.69, 9.17) is 5.11 Å². The van der Waals surface area contributed by atoms with Gasteiger partial charge in [-0.05, 0) is 12.1 Å². The number of anilines is 1. The van der Waals surface area contributed by atoms with Crippen molar-refractivity contribution >= 4 is 11.6 Å². The summed E-state index contributed by atoms with van der Waals surface area (Å²) < 4.78 is 1.59. The Balaban J connectivity index is 2.07. The lowest BCUT2D eigenvalue weighted by Crippen LogP contribution is -2.13. The van der Waals surface area contributed by atoms with Gasteiger partial charge in [-0.15, -0.1) is 0 Å². The predicted octanol–water partition coefficient (Wildman–Crippen LogP) is 0.411. The van der Waals surface area contributed by atoms with Crippen molar-refractivity contribution in [3.05, 3.63) is 42.0 Å². The van der Waals surface area contributed by atoms with Crippen LogP contribution in [0.1, 0.15) is 16.1 Å². The summed E-state index contributed by atoms with van der Waals surface area (Å²) in [5.41, 5.74) is 1.55. The fourth-order valence-electron chi connectivity index (χ4n) is 1.42. The smallest absolute Gasteiger partial charge is 0.274 e. The van der Waals surface area contributed by atoms with Crippen LogP contribution in [0.3, 0.4) is 0 Å². The molecule has 0 saturated carbocycles. The second kappa shape index (κ2) is 5.80. The van der Waals surface area contributed by atoms with Crippen LogP contribution < -0.4 is 5.32 Å². The highest BCUT2D eigenvalue weighted by molar-refractivity contribution is 6.02. The number of rotatable bonds is 2. The van der Waals surface area contributed by atoms with Crippen molar-refractivity contribution in [2.45, 2.75) is 0 Å². The Bertz CT molecular complexity index is 635. The van der Waals surface area contributed by atoms with Gasteiger partial charge in [-0.2, -0.15) is 5.10 Å². The van der Waals surface area contributed by atoms with Crippen molar-refractivity contribution in [1.82, 2.24) is 14.8 Å². The van der Waals surface area contributed by atoms with E-state index in [-0.39, 0.29) is 12.5 Å². The summed E-state index contributed by atoms with van der Waals surface area (Å²) in [5, 5.41) is 15.2. The number of pyridine rings is 1. The van der Waals surface area contributed by atoms with Crippen molar-refractivity contribution in [3.8, 4) is 11.8 Å². The van der Waals surface area contributed by atoms with E-state index < -0.39 is 0 Å². The predicted molar refractivity (Wildman–Crippen MR) is 69.4 cm³/mol. The number of hydrogen-bond donors (Lipinski definition) is 2. The van der Waals surface area contributed by atoms with Gasteiger partial charge in [0.15, 0.2) is 0 Å². The number of hydrogen-bond acceptors (Lipinski definition) is 4. The topological polar surface area (TPSA) is 80.0 Å². The van der Waals surface area contributed by atoms with E-state index >= 15 is 0 Å². The van der Waals surface area contributed by atoms with Crippen LogP contribution >= 0.6 is 0 Å². The Morgan fingerprint density at radius 2 is 2.32 bits per heavy atom. The molecule has 0 bridgehead atoms.